The highest BCUT2D eigenvalue weighted by Crippen LogP contribution is 2.30. The van der Waals surface area contributed by atoms with Crippen molar-refractivity contribution in [3.8, 4) is 34.3 Å². The fraction of sp³-hybridized carbons (Fsp3) is 0.125. The number of hydrogen-bond donors (Lipinski definition) is 1. The van der Waals surface area contributed by atoms with E-state index < -0.39 is 0 Å². The van der Waals surface area contributed by atoms with Crippen LogP contribution in [-0.2, 0) is 4.79 Å². The van der Waals surface area contributed by atoms with Crippen LogP contribution in [0.25, 0.3) is 22.8 Å². The second-order valence-electron chi connectivity index (χ2n) is 6.55. The van der Waals surface area contributed by atoms with E-state index in [4.69, 9.17) is 14.0 Å². The third kappa shape index (κ3) is 4.90. The number of para-hydroxylation sites is 3. The largest absolute Gasteiger partial charge is 0.492 e. The second kappa shape index (κ2) is 9.58. The third-order valence-corrected chi connectivity index (χ3v) is 4.40. The van der Waals surface area contributed by atoms with Gasteiger partial charge in [0.1, 0.15) is 11.5 Å². The Balaban J connectivity index is 1.46. The van der Waals surface area contributed by atoms with Gasteiger partial charge in [0.05, 0.1) is 17.9 Å². The molecule has 4 aromatic rings. The molecule has 0 saturated carbocycles. The summed E-state index contributed by atoms with van der Waals surface area (Å²) >= 11 is 0. The van der Waals surface area contributed by atoms with Gasteiger partial charge in [0.15, 0.2) is 6.61 Å². The summed E-state index contributed by atoms with van der Waals surface area (Å²) in [5.41, 5.74) is 2.05. The van der Waals surface area contributed by atoms with Gasteiger partial charge in [-0.25, -0.2) is 0 Å². The number of hydrogen-bond acceptors (Lipinski definition) is 6. The summed E-state index contributed by atoms with van der Waals surface area (Å²) < 4.78 is 16.7. The van der Waals surface area contributed by atoms with Crippen LogP contribution in [0.5, 0.6) is 11.5 Å². The van der Waals surface area contributed by atoms with E-state index in [-0.39, 0.29) is 12.5 Å². The van der Waals surface area contributed by atoms with Crippen LogP contribution in [0.1, 0.15) is 6.92 Å². The molecule has 3 aromatic carbocycles. The zero-order valence-electron chi connectivity index (χ0n) is 16.9. The minimum absolute atomic E-state index is 0.183. The molecule has 1 aromatic heterocycles. The predicted octanol–water partition coefficient (Wildman–Crippen LogP) is 4.82. The molecule has 0 unspecified atom stereocenters. The van der Waals surface area contributed by atoms with Crippen LogP contribution in [0.15, 0.2) is 83.4 Å². The molecular formula is C24H21N3O4. The summed E-state index contributed by atoms with van der Waals surface area (Å²) in [7, 11) is 0. The number of benzene rings is 3. The van der Waals surface area contributed by atoms with Gasteiger partial charge < -0.3 is 19.3 Å². The second-order valence-corrected chi connectivity index (χ2v) is 6.55. The standard InChI is InChI=1S/C24H21N3O4/c1-2-29-21-15-9-7-13-19(21)25-22(28)16-30-20-14-8-6-12-18(20)24-26-23(27-31-24)17-10-4-3-5-11-17/h3-15H,2,16H2,1H3,(H,25,28). The van der Waals surface area contributed by atoms with Crippen LogP contribution >= 0.6 is 0 Å². The lowest BCUT2D eigenvalue weighted by Crippen LogP contribution is -2.20. The van der Waals surface area contributed by atoms with E-state index in [0.29, 0.717) is 41.1 Å². The number of rotatable bonds is 8. The molecule has 0 aliphatic carbocycles. The lowest BCUT2D eigenvalue weighted by molar-refractivity contribution is -0.118. The van der Waals surface area contributed by atoms with Gasteiger partial charge in [-0.1, -0.05) is 59.8 Å². The molecule has 0 saturated heterocycles. The van der Waals surface area contributed by atoms with Crippen molar-refractivity contribution in [2.45, 2.75) is 6.92 Å². The first-order valence-electron chi connectivity index (χ1n) is 9.87. The molecule has 0 aliphatic rings. The highest BCUT2D eigenvalue weighted by molar-refractivity contribution is 5.93. The van der Waals surface area contributed by atoms with Crippen molar-refractivity contribution in [2.24, 2.45) is 0 Å². The number of carbonyl (C=O) groups excluding carboxylic acids is 1. The molecule has 156 valence electrons. The maximum Gasteiger partial charge on any atom is 0.262 e. The number of nitrogens with zero attached hydrogens (tertiary/aromatic N) is 2. The Morgan fingerprint density at radius 1 is 0.903 bits per heavy atom. The topological polar surface area (TPSA) is 86.5 Å². The lowest BCUT2D eigenvalue weighted by atomic mass is 10.2. The highest BCUT2D eigenvalue weighted by atomic mass is 16.5. The molecule has 0 spiro atoms. The Kier molecular flexibility index (Phi) is 6.23. The molecule has 0 aliphatic heterocycles. The van der Waals surface area contributed by atoms with E-state index in [9.17, 15) is 4.79 Å². The summed E-state index contributed by atoms with van der Waals surface area (Å²) in [5.74, 6) is 1.57. The number of ether oxygens (including phenoxy) is 2. The van der Waals surface area contributed by atoms with E-state index in [1.807, 2.05) is 61.5 Å². The van der Waals surface area contributed by atoms with Gasteiger partial charge in [-0.3, -0.25) is 4.79 Å². The van der Waals surface area contributed by atoms with Gasteiger partial charge in [-0.2, -0.15) is 4.98 Å². The molecule has 4 rings (SSSR count). The van der Waals surface area contributed by atoms with E-state index >= 15 is 0 Å². The van der Waals surface area contributed by atoms with Gasteiger partial charge in [-0.05, 0) is 31.2 Å². The molecule has 7 nitrogen and oxygen atoms in total. The van der Waals surface area contributed by atoms with Crippen molar-refractivity contribution in [1.82, 2.24) is 10.1 Å². The van der Waals surface area contributed by atoms with Crippen LogP contribution in [0.3, 0.4) is 0 Å². The first-order chi connectivity index (χ1) is 15.2. The van der Waals surface area contributed by atoms with Gasteiger partial charge in [0.25, 0.3) is 11.8 Å². The van der Waals surface area contributed by atoms with E-state index in [1.54, 1.807) is 24.3 Å². The molecule has 0 fully saturated rings. The normalized spacial score (nSPS) is 10.5. The van der Waals surface area contributed by atoms with Crippen molar-refractivity contribution in [2.75, 3.05) is 18.5 Å². The lowest BCUT2D eigenvalue weighted by Gasteiger charge is -2.12. The molecule has 0 radical (unpaired) electrons. The Hall–Kier alpha value is -4.13. The maximum absolute atomic E-state index is 12.4. The molecule has 1 heterocycles. The van der Waals surface area contributed by atoms with Crippen LogP contribution in [0.4, 0.5) is 5.69 Å². The van der Waals surface area contributed by atoms with Crippen LogP contribution < -0.4 is 14.8 Å². The number of anilines is 1. The quantitative estimate of drug-likeness (QED) is 0.444. The molecule has 1 amide bonds. The SMILES string of the molecule is CCOc1ccccc1NC(=O)COc1ccccc1-c1nc(-c2ccccc2)no1. The Morgan fingerprint density at radius 3 is 2.42 bits per heavy atom. The van der Waals surface area contributed by atoms with Crippen molar-refractivity contribution in [3.05, 3.63) is 78.9 Å². The monoisotopic (exact) mass is 415 g/mol. The zero-order chi connectivity index (χ0) is 21.5. The van der Waals surface area contributed by atoms with Crippen molar-refractivity contribution >= 4 is 11.6 Å². The predicted molar refractivity (Wildman–Crippen MR) is 117 cm³/mol. The fourth-order valence-corrected chi connectivity index (χ4v) is 2.99. The molecule has 1 N–H and O–H groups in total. The number of aromatic nitrogens is 2. The molecule has 0 bridgehead atoms. The summed E-state index contributed by atoms with van der Waals surface area (Å²) in [5, 5.41) is 6.86. The third-order valence-electron chi connectivity index (χ3n) is 4.40. The van der Waals surface area contributed by atoms with Crippen molar-refractivity contribution < 1.29 is 18.8 Å². The van der Waals surface area contributed by atoms with Gasteiger partial charge in [0.2, 0.25) is 5.82 Å². The first kappa shape index (κ1) is 20.2. The number of carbonyl (C=O) groups is 1. The number of amides is 1. The zero-order valence-corrected chi connectivity index (χ0v) is 16.9. The maximum atomic E-state index is 12.4. The average Bonchev–Trinajstić information content (AvgIpc) is 3.30. The van der Waals surface area contributed by atoms with Crippen molar-refractivity contribution in [3.63, 3.8) is 0 Å². The van der Waals surface area contributed by atoms with E-state index in [2.05, 4.69) is 15.5 Å². The van der Waals surface area contributed by atoms with Crippen LogP contribution in [0.2, 0.25) is 0 Å². The fourth-order valence-electron chi connectivity index (χ4n) is 2.99. The van der Waals surface area contributed by atoms with Gasteiger partial charge in [-0.15, -0.1) is 0 Å². The average molecular weight is 415 g/mol. The highest BCUT2D eigenvalue weighted by Gasteiger charge is 2.16. The summed E-state index contributed by atoms with van der Waals surface area (Å²) in [4.78, 5) is 16.9. The Morgan fingerprint density at radius 2 is 1.61 bits per heavy atom. The first-order valence-corrected chi connectivity index (χ1v) is 9.87. The van der Waals surface area contributed by atoms with Gasteiger partial charge >= 0.3 is 0 Å². The van der Waals surface area contributed by atoms with Crippen LogP contribution in [0, 0.1) is 0 Å². The Labute approximate surface area is 179 Å². The number of nitrogens with one attached hydrogen (secondary N) is 1. The molecule has 31 heavy (non-hydrogen) atoms. The molecule has 0 atom stereocenters. The summed E-state index contributed by atoms with van der Waals surface area (Å²) in [6.45, 7) is 2.21. The smallest absolute Gasteiger partial charge is 0.262 e. The van der Waals surface area contributed by atoms with E-state index in [1.165, 1.54) is 0 Å². The Bertz CT molecular complexity index is 1160. The molecular weight excluding hydrogens is 394 g/mol. The minimum atomic E-state index is -0.308. The van der Waals surface area contributed by atoms with E-state index in [0.717, 1.165) is 5.56 Å². The van der Waals surface area contributed by atoms with Gasteiger partial charge in [0, 0.05) is 5.56 Å². The summed E-state index contributed by atoms with van der Waals surface area (Å²) in [6, 6.07) is 24.0. The minimum Gasteiger partial charge on any atom is -0.492 e. The summed E-state index contributed by atoms with van der Waals surface area (Å²) in [6.07, 6.45) is 0. The molecule has 7 heteroatoms. The van der Waals surface area contributed by atoms with Crippen molar-refractivity contribution in [1.29, 1.82) is 0 Å². The van der Waals surface area contributed by atoms with Crippen LogP contribution in [-0.4, -0.2) is 29.3 Å².